The molecule has 0 saturated heterocycles. The van der Waals surface area contributed by atoms with Crippen molar-refractivity contribution in [2.45, 2.75) is 38.6 Å². The number of hydrogen-bond acceptors (Lipinski definition) is 3. The predicted molar refractivity (Wildman–Crippen MR) is 93.3 cm³/mol. The summed E-state index contributed by atoms with van der Waals surface area (Å²) in [6.45, 7) is 2.20. The molecule has 0 radical (unpaired) electrons. The van der Waals surface area contributed by atoms with Gasteiger partial charge in [0.05, 0.1) is 5.69 Å². The molecule has 5 heteroatoms. The summed E-state index contributed by atoms with van der Waals surface area (Å²) >= 11 is 0. The van der Waals surface area contributed by atoms with Crippen LogP contribution in [0.4, 0.5) is 0 Å². The molecule has 126 valence electrons. The van der Waals surface area contributed by atoms with Crippen LogP contribution in [0.15, 0.2) is 47.3 Å². The molecule has 0 spiro atoms. The highest BCUT2D eigenvalue weighted by Crippen LogP contribution is 2.27. The maximum atomic E-state index is 12.8. The summed E-state index contributed by atoms with van der Waals surface area (Å²) in [5.41, 5.74) is 0.719. The summed E-state index contributed by atoms with van der Waals surface area (Å²) < 4.78 is 1.28. The molecule has 24 heavy (non-hydrogen) atoms. The molecule has 1 amide bonds. The van der Waals surface area contributed by atoms with Gasteiger partial charge in [-0.2, -0.15) is 9.78 Å². The molecule has 2 atom stereocenters. The number of hydrogen-bond donors (Lipinski definition) is 0. The molecule has 1 aromatic heterocycles. The molecule has 1 fully saturated rings. The van der Waals surface area contributed by atoms with Gasteiger partial charge in [0.1, 0.15) is 5.69 Å². The van der Waals surface area contributed by atoms with Crippen molar-refractivity contribution in [2.75, 3.05) is 7.05 Å². The summed E-state index contributed by atoms with van der Waals surface area (Å²) in [5, 5.41) is 4.30. The summed E-state index contributed by atoms with van der Waals surface area (Å²) in [6, 6.07) is 12.3. The second-order valence-electron chi connectivity index (χ2n) is 6.55. The number of rotatable bonds is 3. The van der Waals surface area contributed by atoms with Gasteiger partial charge in [0.2, 0.25) is 0 Å². The Kier molecular flexibility index (Phi) is 4.79. The Morgan fingerprint density at radius 2 is 1.83 bits per heavy atom. The van der Waals surface area contributed by atoms with E-state index < -0.39 is 0 Å². The first-order chi connectivity index (χ1) is 11.6. The predicted octanol–water partition coefficient (Wildman–Crippen LogP) is 2.88. The maximum absolute atomic E-state index is 12.8. The lowest BCUT2D eigenvalue weighted by Gasteiger charge is -2.36. The minimum absolute atomic E-state index is 0.126. The Labute approximate surface area is 141 Å². The van der Waals surface area contributed by atoms with Crippen molar-refractivity contribution in [3.05, 3.63) is 58.5 Å². The van der Waals surface area contributed by atoms with Crippen LogP contribution in [0.3, 0.4) is 0 Å². The van der Waals surface area contributed by atoms with E-state index in [2.05, 4.69) is 12.0 Å². The third-order valence-corrected chi connectivity index (χ3v) is 4.90. The molecule has 0 aliphatic heterocycles. The van der Waals surface area contributed by atoms with E-state index in [-0.39, 0.29) is 17.5 Å². The first kappa shape index (κ1) is 16.4. The van der Waals surface area contributed by atoms with Gasteiger partial charge in [-0.25, -0.2) is 0 Å². The number of carbonyl (C=O) groups excluding carboxylic acids is 1. The summed E-state index contributed by atoms with van der Waals surface area (Å²) in [4.78, 5) is 26.7. The third-order valence-electron chi connectivity index (χ3n) is 4.90. The van der Waals surface area contributed by atoms with Crippen molar-refractivity contribution in [1.29, 1.82) is 0 Å². The molecule has 2 unspecified atom stereocenters. The monoisotopic (exact) mass is 325 g/mol. The summed E-state index contributed by atoms with van der Waals surface area (Å²) in [5.74, 6) is 0.367. The molecule has 0 N–H and O–H groups in total. The van der Waals surface area contributed by atoms with Gasteiger partial charge < -0.3 is 4.90 Å². The van der Waals surface area contributed by atoms with Crippen molar-refractivity contribution >= 4 is 5.91 Å². The van der Waals surface area contributed by atoms with Crippen LogP contribution in [0.2, 0.25) is 0 Å². The molecule has 3 rings (SSSR count). The number of para-hydroxylation sites is 1. The number of amides is 1. The van der Waals surface area contributed by atoms with E-state index in [0.717, 1.165) is 19.3 Å². The Bertz CT molecular complexity index is 770. The summed E-state index contributed by atoms with van der Waals surface area (Å²) in [7, 11) is 1.84. The molecule has 1 aliphatic carbocycles. The fourth-order valence-electron chi connectivity index (χ4n) is 3.48. The average Bonchev–Trinajstić information content (AvgIpc) is 2.62. The standard InChI is InChI=1S/C19H23N3O2/c1-14-8-6-7-11-17(14)21(2)19(24)16-12-13-18(23)22(20-16)15-9-4-3-5-10-15/h3-5,9-10,12-14,17H,6-8,11H2,1-2H3. The van der Waals surface area contributed by atoms with E-state index in [4.69, 9.17) is 0 Å². The van der Waals surface area contributed by atoms with Gasteiger partial charge in [-0.3, -0.25) is 9.59 Å². The average molecular weight is 325 g/mol. The fourth-order valence-corrected chi connectivity index (χ4v) is 3.48. The van der Waals surface area contributed by atoms with Gasteiger partial charge >= 0.3 is 0 Å². The molecule has 5 nitrogen and oxygen atoms in total. The van der Waals surface area contributed by atoms with Crippen molar-refractivity contribution in [3.8, 4) is 5.69 Å². The van der Waals surface area contributed by atoms with Crippen molar-refractivity contribution < 1.29 is 4.79 Å². The van der Waals surface area contributed by atoms with Crippen molar-refractivity contribution in [2.24, 2.45) is 5.92 Å². The lowest BCUT2D eigenvalue weighted by Crippen LogP contribution is -2.43. The van der Waals surface area contributed by atoms with E-state index >= 15 is 0 Å². The zero-order chi connectivity index (χ0) is 17.1. The lowest BCUT2D eigenvalue weighted by molar-refractivity contribution is 0.0621. The molecule has 1 aliphatic rings. The third kappa shape index (κ3) is 3.25. The van der Waals surface area contributed by atoms with Crippen molar-refractivity contribution in [1.82, 2.24) is 14.7 Å². The second-order valence-corrected chi connectivity index (χ2v) is 6.55. The lowest BCUT2D eigenvalue weighted by atomic mass is 9.85. The summed E-state index contributed by atoms with van der Waals surface area (Å²) in [6.07, 6.45) is 4.57. The second kappa shape index (κ2) is 6.99. The minimum atomic E-state index is -0.244. The van der Waals surface area contributed by atoms with E-state index in [9.17, 15) is 9.59 Å². The highest BCUT2D eigenvalue weighted by molar-refractivity contribution is 5.92. The van der Waals surface area contributed by atoms with Crippen LogP contribution in [0.5, 0.6) is 0 Å². The first-order valence-electron chi connectivity index (χ1n) is 8.51. The van der Waals surface area contributed by atoms with Gasteiger partial charge in [-0.15, -0.1) is 0 Å². The Balaban J connectivity index is 1.89. The Morgan fingerprint density at radius 3 is 2.54 bits per heavy atom. The molecule has 1 heterocycles. The zero-order valence-corrected chi connectivity index (χ0v) is 14.2. The topological polar surface area (TPSA) is 55.2 Å². The largest absolute Gasteiger partial charge is 0.337 e. The van der Waals surface area contributed by atoms with E-state index in [0.29, 0.717) is 17.3 Å². The van der Waals surface area contributed by atoms with Crippen LogP contribution in [0, 0.1) is 5.92 Å². The molecular formula is C19H23N3O2. The van der Waals surface area contributed by atoms with E-state index in [1.54, 1.807) is 17.0 Å². The normalized spacial score (nSPS) is 20.6. The SMILES string of the molecule is CC1CCCCC1N(C)C(=O)c1ccc(=O)n(-c2ccccc2)n1. The highest BCUT2D eigenvalue weighted by Gasteiger charge is 2.29. The van der Waals surface area contributed by atoms with Crippen LogP contribution in [-0.2, 0) is 0 Å². The van der Waals surface area contributed by atoms with Gasteiger partial charge in [0, 0.05) is 19.2 Å². The fraction of sp³-hybridized carbons (Fsp3) is 0.421. The van der Waals surface area contributed by atoms with Crippen LogP contribution in [0.1, 0.15) is 43.1 Å². The zero-order valence-electron chi connectivity index (χ0n) is 14.2. The highest BCUT2D eigenvalue weighted by atomic mass is 16.2. The first-order valence-corrected chi connectivity index (χ1v) is 8.51. The number of benzene rings is 1. The number of carbonyl (C=O) groups is 1. The molecule has 2 aromatic rings. The molecule has 1 aromatic carbocycles. The van der Waals surface area contributed by atoms with Gasteiger partial charge in [-0.05, 0) is 37.0 Å². The maximum Gasteiger partial charge on any atom is 0.274 e. The minimum Gasteiger partial charge on any atom is -0.337 e. The van der Waals surface area contributed by atoms with Gasteiger partial charge in [0.25, 0.3) is 11.5 Å². The number of aromatic nitrogens is 2. The molecule has 0 bridgehead atoms. The van der Waals surface area contributed by atoms with Gasteiger partial charge in [0.15, 0.2) is 0 Å². The smallest absolute Gasteiger partial charge is 0.274 e. The Morgan fingerprint density at radius 1 is 1.12 bits per heavy atom. The molecular weight excluding hydrogens is 302 g/mol. The van der Waals surface area contributed by atoms with E-state index in [1.165, 1.54) is 23.2 Å². The van der Waals surface area contributed by atoms with Crippen LogP contribution in [0.25, 0.3) is 5.69 Å². The quantitative estimate of drug-likeness (QED) is 0.872. The van der Waals surface area contributed by atoms with E-state index in [1.807, 2.05) is 25.2 Å². The number of nitrogens with zero attached hydrogens (tertiary/aromatic N) is 3. The van der Waals surface area contributed by atoms with Crippen molar-refractivity contribution in [3.63, 3.8) is 0 Å². The van der Waals surface area contributed by atoms with Gasteiger partial charge in [-0.1, -0.05) is 38.0 Å². The van der Waals surface area contributed by atoms with Crippen LogP contribution < -0.4 is 5.56 Å². The van der Waals surface area contributed by atoms with Crippen LogP contribution >= 0.6 is 0 Å². The molecule has 1 saturated carbocycles. The van der Waals surface area contributed by atoms with Crippen LogP contribution in [-0.4, -0.2) is 33.7 Å². The Hall–Kier alpha value is -2.43.